The second-order valence-electron chi connectivity index (χ2n) is 5.90. The maximum absolute atomic E-state index is 12.4. The lowest BCUT2D eigenvalue weighted by Crippen LogP contribution is -2.34. The molecule has 0 bridgehead atoms. The molecule has 3 N–H and O–H groups in total. The number of hydrazone groups is 1. The minimum absolute atomic E-state index is 0.0249. The second kappa shape index (κ2) is 7.69. The molecule has 7 heteroatoms. The first-order valence-electron chi connectivity index (χ1n) is 8.12. The number of nitrogens with one attached hydrogen (secondary N) is 2. The van der Waals surface area contributed by atoms with Gasteiger partial charge in [-0.15, -0.1) is 0 Å². The third-order valence-corrected chi connectivity index (χ3v) is 4.31. The van der Waals surface area contributed by atoms with Gasteiger partial charge >= 0.3 is 0 Å². The van der Waals surface area contributed by atoms with Gasteiger partial charge in [0.2, 0.25) is 5.91 Å². The third kappa shape index (κ3) is 3.66. The van der Waals surface area contributed by atoms with Crippen molar-refractivity contribution in [2.45, 2.75) is 5.92 Å². The van der Waals surface area contributed by atoms with Gasteiger partial charge in [0.25, 0.3) is 5.91 Å². The molecule has 1 fully saturated rings. The number of rotatable bonds is 5. The molecule has 7 nitrogen and oxygen atoms in total. The first-order chi connectivity index (χ1) is 12.6. The number of ether oxygens (including phenoxy) is 1. The molecule has 0 aliphatic carbocycles. The number of nitrogens with zero attached hydrogens (tertiary/aromatic N) is 1. The van der Waals surface area contributed by atoms with Crippen molar-refractivity contribution in [1.82, 2.24) is 10.7 Å². The quantitative estimate of drug-likeness (QED) is 0.429. The van der Waals surface area contributed by atoms with Crippen molar-refractivity contribution in [1.29, 1.82) is 0 Å². The molecule has 2 aromatic rings. The van der Waals surface area contributed by atoms with Crippen LogP contribution in [0.15, 0.2) is 53.6 Å². The summed E-state index contributed by atoms with van der Waals surface area (Å²) < 4.78 is 5.01. The molecule has 0 unspecified atom stereocenters. The highest BCUT2D eigenvalue weighted by Gasteiger charge is 2.40. The van der Waals surface area contributed by atoms with Crippen LogP contribution in [0.1, 0.15) is 17.0 Å². The molecule has 0 aromatic heterocycles. The van der Waals surface area contributed by atoms with Gasteiger partial charge in [0.05, 0.1) is 13.3 Å². The SMILES string of the molecule is COc1ccc(/C=N/NC(=O)[C@@H]2C(=O)NC[C@H]2c2ccccc2)c(O)c1. The van der Waals surface area contributed by atoms with Gasteiger partial charge in [-0.25, -0.2) is 5.43 Å². The summed E-state index contributed by atoms with van der Waals surface area (Å²) in [6, 6.07) is 14.1. The maximum atomic E-state index is 12.4. The summed E-state index contributed by atoms with van der Waals surface area (Å²) in [7, 11) is 1.50. The van der Waals surface area contributed by atoms with Crippen LogP contribution in [-0.4, -0.2) is 36.8 Å². The van der Waals surface area contributed by atoms with Crippen LogP contribution in [-0.2, 0) is 9.59 Å². The van der Waals surface area contributed by atoms with Gasteiger partial charge in [-0.05, 0) is 17.7 Å². The van der Waals surface area contributed by atoms with Crippen molar-refractivity contribution in [2.24, 2.45) is 11.0 Å². The largest absolute Gasteiger partial charge is 0.507 e. The van der Waals surface area contributed by atoms with Gasteiger partial charge in [0, 0.05) is 24.1 Å². The minimum atomic E-state index is -0.848. The zero-order valence-electron chi connectivity index (χ0n) is 14.2. The molecule has 0 saturated carbocycles. The fraction of sp³-hybridized carbons (Fsp3) is 0.211. The number of methoxy groups -OCH3 is 1. The number of amides is 2. The molecule has 134 valence electrons. The zero-order chi connectivity index (χ0) is 18.5. The van der Waals surface area contributed by atoms with E-state index < -0.39 is 11.8 Å². The monoisotopic (exact) mass is 353 g/mol. The average molecular weight is 353 g/mol. The number of carbonyl (C=O) groups is 2. The van der Waals surface area contributed by atoms with Gasteiger partial charge in [0.15, 0.2) is 0 Å². The van der Waals surface area contributed by atoms with Gasteiger partial charge in [-0.3, -0.25) is 9.59 Å². The Balaban J connectivity index is 1.69. The summed E-state index contributed by atoms with van der Waals surface area (Å²) in [6.45, 7) is 0.407. The lowest BCUT2D eigenvalue weighted by atomic mass is 9.88. The van der Waals surface area contributed by atoms with E-state index in [4.69, 9.17) is 4.74 Å². The molecule has 0 radical (unpaired) electrons. The Kier molecular flexibility index (Phi) is 5.17. The summed E-state index contributed by atoms with van der Waals surface area (Å²) in [4.78, 5) is 24.5. The smallest absolute Gasteiger partial charge is 0.253 e. The number of benzene rings is 2. The van der Waals surface area contributed by atoms with E-state index in [-0.39, 0.29) is 17.6 Å². The van der Waals surface area contributed by atoms with Crippen molar-refractivity contribution in [3.8, 4) is 11.5 Å². The van der Waals surface area contributed by atoms with E-state index >= 15 is 0 Å². The Morgan fingerprint density at radius 2 is 2.08 bits per heavy atom. The highest BCUT2D eigenvalue weighted by atomic mass is 16.5. The molecule has 0 spiro atoms. The molecule has 1 saturated heterocycles. The van der Waals surface area contributed by atoms with Crippen LogP contribution in [0.25, 0.3) is 0 Å². The molecule has 1 heterocycles. The van der Waals surface area contributed by atoms with Gasteiger partial charge < -0.3 is 15.2 Å². The molecule has 1 aliphatic heterocycles. The number of phenols is 1. The Hall–Kier alpha value is -3.35. The highest BCUT2D eigenvalue weighted by molar-refractivity contribution is 6.03. The van der Waals surface area contributed by atoms with E-state index in [0.717, 1.165) is 5.56 Å². The molecule has 2 aromatic carbocycles. The van der Waals surface area contributed by atoms with Crippen molar-refractivity contribution in [3.05, 3.63) is 59.7 Å². The van der Waals surface area contributed by atoms with Gasteiger partial charge in [0.1, 0.15) is 17.4 Å². The average Bonchev–Trinajstić information content (AvgIpc) is 3.05. The standard InChI is InChI=1S/C19H19N3O4/c1-26-14-8-7-13(16(23)9-14)10-21-22-19(25)17-15(11-20-18(17)24)12-5-3-2-4-6-12/h2-10,15,17,23H,11H2,1H3,(H,20,24)(H,22,25)/b21-10+/t15-,17-/m0/s1. The number of hydrogen-bond acceptors (Lipinski definition) is 5. The maximum Gasteiger partial charge on any atom is 0.253 e. The van der Waals surface area contributed by atoms with E-state index in [2.05, 4.69) is 15.8 Å². The molecule has 3 rings (SSSR count). The van der Waals surface area contributed by atoms with Crippen molar-refractivity contribution < 1.29 is 19.4 Å². The van der Waals surface area contributed by atoms with E-state index in [9.17, 15) is 14.7 Å². The van der Waals surface area contributed by atoms with Crippen LogP contribution in [0.2, 0.25) is 0 Å². The van der Waals surface area contributed by atoms with Gasteiger partial charge in [-0.1, -0.05) is 30.3 Å². The summed E-state index contributed by atoms with van der Waals surface area (Å²) in [5.74, 6) is -1.41. The number of phenolic OH excluding ortho intramolecular Hbond substituents is 1. The normalized spacial score (nSPS) is 19.3. The number of hydrogen-bond donors (Lipinski definition) is 3. The molecule has 2 amide bonds. The Morgan fingerprint density at radius 1 is 1.31 bits per heavy atom. The summed E-state index contributed by atoms with van der Waals surface area (Å²) in [5.41, 5.74) is 3.72. The summed E-state index contributed by atoms with van der Waals surface area (Å²) in [6.07, 6.45) is 1.32. The van der Waals surface area contributed by atoms with E-state index in [1.165, 1.54) is 19.4 Å². The molecule has 1 aliphatic rings. The lowest BCUT2D eigenvalue weighted by molar-refractivity contribution is -0.133. The Bertz CT molecular complexity index is 836. The van der Waals surface area contributed by atoms with Crippen LogP contribution >= 0.6 is 0 Å². The van der Waals surface area contributed by atoms with Crippen LogP contribution in [0.3, 0.4) is 0 Å². The predicted molar refractivity (Wildman–Crippen MR) is 96.1 cm³/mol. The van der Waals surface area contributed by atoms with Crippen LogP contribution < -0.4 is 15.5 Å². The van der Waals surface area contributed by atoms with Crippen LogP contribution in [0.4, 0.5) is 0 Å². The van der Waals surface area contributed by atoms with Crippen molar-refractivity contribution >= 4 is 18.0 Å². The first-order valence-corrected chi connectivity index (χ1v) is 8.12. The molecule has 26 heavy (non-hydrogen) atoms. The van der Waals surface area contributed by atoms with E-state index in [1.54, 1.807) is 12.1 Å². The fourth-order valence-corrected chi connectivity index (χ4v) is 2.93. The molecule has 2 atom stereocenters. The lowest BCUT2D eigenvalue weighted by Gasteiger charge is -2.15. The number of carbonyl (C=O) groups excluding carboxylic acids is 2. The fourth-order valence-electron chi connectivity index (χ4n) is 2.93. The first kappa shape index (κ1) is 17.5. The predicted octanol–water partition coefficient (Wildman–Crippen LogP) is 1.38. The minimum Gasteiger partial charge on any atom is -0.507 e. The van der Waals surface area contributed by atoms with Crippen molar-refractivity contribution in [3.63, 3.8) is 0 Å². The topological polar surface area (TPSA) is 100 Å². The molecular formula is C19H19N3O4. The third-order valence-electron chi connectivity index (χ3n) is 4.31. The van der Waals surface area contributed by atoms with Crippen molar-refractivity contribution in [2.75, 3.05) is 13.7 Å². The molecular weight excluding hydrogens is 334 g/mol. The van der Waals surface area contributed by atoms with Gasteiger partial charge in [-0.2, -0.15) is 5.10 Å². The van der Waals surface area contributed by atoms with E-state index in [0.29, 0.717) is 17.9 Å². The van der Waals surface area contributed by atoms with E-state index in [1.807, 2.05) is 30.3 Å². The zero-order valence-corrected chi connectivity index (χ0v) is 14.2. The van der Waals surface area contributed by atoms with Crippen LogP contribution in [0, 0.1) is 5.92 Å². The highest BCUT2D eigenvalue weighted by Crippen LogP contribution is 2.29. The second-order valence-corrected chi connectivity index (χ2v) is 5.90. The van der Waals surface area contributed by atoms with Crippen LogP contribution in [0.5, 0.6) is 11.5 Å². The Morgan fingerprint density at radius 3 is 2.77 bits per heavy atom. The Labute approximate surface area is 150 Å². The summed E-state index contributed by atoms with van der Waals surface area (Å²) >= 11 is 0. The summed E-state index contributed by atoms with van der Waals surface area (Å²) in [5, 5.41) is 16.5. The number of aromatic hydroxyl groups is 1.